The Morgan fingerprint density at radius 2 is 2.17 bits per heavy atom. The van der Waals surface area contributed by atoms with Crippen LogP contribution in [0.3, 0.4) is 0 Å². The predicted molar refractivity (Wildman–Crippen MR) is 94.4 cm³/mol. The molecule has 2 aliphatic heterocycles. The summed E-state index contributed by atoms with van der Waals surface area (Å²) < 4.78 is 10.9. The minimum atomic E-state index is 0.283. The summed E-state index contributed by atoms with van der Waals surface area (Å²) in [7, 11) is 1.68. The Kier molecular flexibility index (Phi) is 5.96. The third kappa shape index (κ3) is 4.63. The van der Waals surface area contributed by atoms with Crippen molar-refractivity contribution >= 4 is 11.6 Å². The Balaban J connectivity index is 1.40. The van der Waals surface area contributed by atoms with Gasteiger partial charge in [-0.3, -0.25) is 4.79 Å². The summed E-state index contributed by atoms with van der Waals surface area (Å²) >= 11 is 0. The number of carbonyl (C=O) groups is 1. The molecule has 1 amide bonds. The van der Waals surface area contributed by atoms with Crippen LogP contribution in [-0.4, -0.2) is 49.8 Å². The second-order valence-electron chi connectivity index (χ2n) is 6.71. The molecule has 1 atom stereocenters. The molecule has 0 saturated carbocycles. The van der Waals surface area contributed by atoms with Gasteiger partial charge in [-0.25, -0.2) is 0 Å². The number of piperidine rings is 1. The van der Waals surface area contributed by atoms with Crippen molar-refractivity contribution in [2.45, 2.75) is 50.7 Å². The Morgan fingerprint density at radius 1 is 1.33 bits per heavy atom. The lowest BCUT2D eigenvalue weighted by molar-refractivity contribution is -0.132. The molecule has 0 spiro atoms. The first-order valence-corrected chi connectivity index (χ1v) is 9.04. The van der Waals surface area contributed by atoms with Crippen LogP contribution in [-0.2, 0) is 9.53 Å². The number of likely N-dealkylation sites (tertiary alicyclic amines) is 1. The highest BCUT2D eigenvalue weighted by Gasteiger charge is 2.24. The van der Waals surface area contributed by atoms with Gasteiger partial charge in [0.05, 0.1) is 13.2 Å². The number of nitrogens with zero attached hydrogens (tertiary/aromatic N) is 1. The number of nitrogens with one attached hydrogen (secondary N) is 1. The van der Waals surface area contributed by atoms with E-state index in [2.05, 4.69) is 11.4 Å². The van der Waals surface area contributed by atoms with Gasteiger partial charge in [0, 0.05) is 43.9 Å². The van der Waals surface area contributed by atoms with Crippen LogP contribution < -0.4 is 10.1 Å². The number of hydrogen-bond donors (Lipinski definition) is 1. The van der Waals surface area contributed by atoms with Gasteiger partial charge in [-0.05, 0) is 44.2 Å². The average Bonchev–Trinajstić information content (AvgIpc) is 3.14. The standard InChI is InChI=1S/C19H28N2O3/c1-23-18-5-2-4-16(14-18)20-15-9-11-21(12-10-15)19(22)8-7-17-6-3-13-24-17/h2,4-5,14-15,17,20H,3,6-13H2,1H3/t17-/m1/s1. The van der Waals surface area contributed by atoms with E-state index in [-0.39, 0.29) is 5.91 Å². The van der Waals surface area contributed by atoms with Gasteiger partial charge in [0.1, 0.15) is 5.75 Å². The second kappa shape index (κ2) is 8.38. The molecule has 24 heavy (non-hydrogen) atoms. The monoisotopic (exact) mass is 332 g/mol. The zero-order chi connectivity index (χ0) is 16.8. The van der Waals surface area contributed by atoms with Crippen molar-refractivity contribution in [2.24, 2.45) is 0 Å². The maximum Gasteiger partial charge on any atom is 0.222 e. The quantitative estimate of drug-likeness (QED) is 0.870. The predicted octanol–water partition coefficient (Wildman–Crippen LogP) is 3.06. The fourth-order valence-corrected chi connectivity index (χ4v) is 3.54. The van der Waals surface area contributed by atoms with Crippen molar-refractivity contribution in [3.8, 4) is 5.75 Å². The van der Waals surface area contributed by atoms with E-state index >= 15 is 0 Å². The SMILES string of the molecule is COc1cccc(NC2CCN(C(=O)CC[C@H]3CCCO3)CC2)c1. The smallest absolute Gasteiger partial charge is 0.222 e. The zero-order valence-electron chi connectivity index (χ0n) is 14.5. The van der Waals surface area contributed by atoms with Crippen LogP contribution in [0.15, 0.2) is 24.3 Å². The van der Waals surface area contributed by atoms with Crippen LogP contribution in [0.25, 0.3) is 0 Å². The highest BCUT2D eigenvalue weighted by Crippen LogP contribution is 2.22. The van der Waals surface area contributed by atoms with Crippen molar-refractivity contribution in [3.05, 3.63) is 24.3 Å². The molecule has 2 aliphatic rings. The van der Waals surface area contributed by atoms with E-state index < -0.39 is 0 Å². The molecule has 5 heteroatoms. The van der Waals surface area contributed by atoms with Gasteiger partial charge in [-0.15, -0.1) is 0 Å². The van der Waals surface area contributed by atoms with Crippen molar-refractivity contribution in [1.82, 2.24) is 4.90 Å². The topological polar surface area (TPSA) is 50.8 Å². The number of carbonyl (C=O) groups excluding carboxylic acids is 1. The number of amides is 1. The third-order valence-electron chi connectivity index (χ3n) is 4.99. The van der Waals surface area contributed by atoms with Crippen LogP contribution in [0.1, 0.15) is 38.5 Å². The van der Waals surface area contributed by atoms with E-state index in [4.69, 9.17) is 9.47 Å². The lowest BCUT2D eigenvalue weighted by atomic mass is 10.0. The largest absolute Gasteiger partial charge is 0.497 e. The van der Waals surface area contributed by atoms with Crippen LogP contribution in [0.4, 0.5) is 5.69 Å². The number of hydrogen-bond acceptors (Lipinski definition) is 4. The summed E-state index contributed by atoms with van der Waals surface area (Å²) in [6.07, 6.45) is 6.03. The Bertz CT molecular complexity index is 535. The Morgan fingerprint density at radius 3 is 2.88 bits per heavy atom. The highest BCUT2D eigenvalue weighted by molar-refractivity contribution is 5.76. The molecular weight excluding hydrogens is 304 g/mol. The van der Waals surface area contributed by atoms with E-state index in [9.17, 15) is 4.79 Å². The van der Waals surface area contributed by atoms with Gasteiger partial charge in [0.25, 0.3) is 0 Å². The number of benzene rings is 1. The van der Waals surface area contributed by atoms with E-state index in [0.717, 1.165) is 63.2 Å². The third-order valence-corrected chi connectivity index (χ3v) is 4.99. The first-order chi connectivity index (χ1) is 11.7. The fourth-order valence-electron chi connectivity index (χ4n) is 3.54. The summed E-state index contributed by atoms with van der Waals surface area (Å²) in [5.74, 6) is 1.15. The van der Waals surface area contributed by atoms with Crippen molar-refractivity contribution in [3.63, 3.8) is 0 Å². The molecule has 0 bridgehead atoms. The molecule has 1 aromatic carbocycles. The van der Waals surface area contributed by atoms with E-state index in [1.807, 2.05) is 23.1 Å². The van der Waals surface area contributed by atoms with Gasteiger partial charge >= 0.3 is 0 Å². The number of anilines is 1. The van der Waals surface area contributed by atoms with Gasteiger partial charge in [0.2, 0.25) is 5.91 Å². The Labute approximate surface area is 144 Å². The van der Waals surface area contributed by atoms with Crippen LogP contribution in [0.5, 0.6) is 5.75 Å². The fraction of sp³-hybridized carbons (Fsp3) is 0.632. The molecule has 0 aliphatic carbocycles. The first-order valence-electron chi connectivity index (χ1n) is 9.04. The van der Waals surface area contributed by atoms with E-state index in [1.54, 1.807) is 7.11 Å². The second-order valence-corrected chi connectivity index (χ2v) is 6.71. The normalized spacial score (nSPS) is 21.7. The molecule has 0 unspecified atom stereocenters. The lowest BCUT2D eigenvalue weighted by Crippen LogP contribution is -2.42. The summed E-state index contributed by atoms with van der Waals surface area (Å²) in [5.41, 5.74) is 1.08. The number of ether oxygens (including phenoxy) is 2. The zero-order valence-corrected chi connectivity index (χ0v) is 14.5. The minimum absolute atomic E-state index is 0.283. The molecule has 3 rings (SSSR count). The van der Waals surface area contributed by atoms with E-state index in [0.29, 0.717) is 18.6 Å². The Hall–Kier alpha value is -1.75. The first kappa shape index (κ1) is 17.1. The highest BCUT2D eigenvalue weighted by atomic mass is 16.5. The van der Waals surface area contributed by atoms with Crippen LogP contribution in [0, 0.1) is 0 Å². The van der Waals surface area contributed by atoms with Gasteiger partial charge in [0.15, 0.2) is 0 Å². The molecule has 2 fully saturated rings. The summed E-state index contributed by atoms with van der Waals surface area (Å²) in [6, 6.07) is 8.42. The molecule has 1 N–H and O–H groups in total. The molecule has 1 aromatic rings. The number of rotatable bonds is 6. The van der Waals surface area contributed by atoms with Gasteiger partial charge < -0.3 is 19.7 Å². The number of methoxy groups -OCH3 is 1. The van der Waals surface area contributed by atoms with Crippen molar-refractivity contribution < 1.29 is 14.3 Å². The van der Waals surface area contributed by atoms with Gasteiger partial charge in [-0.2, -0.15) is 0 Å². The lowest BCUT2D eigenvalue weighted by Gasteiger charge is -2.33. The maximum absolute atomic E-state index is 12.3. The molecule has 2 saturated heterocycles. The average molecular weight is 332 g/mol. The summed E-state index contributed by atoms with van der Waals surface area (Å²) in [5, 5.41) is 3.55. The molecule has 5 nitrogen and oxygen atoms in total. The summed E-state index contributed by atoms with van der Waals surface area (Å²) in [6.45, 7) is 2.54. The summed E-state index contributed by atoms with van der Waals surface area (Å²) in [4.78, 5) is 14.3. The molecular formula is C19H28N2O3. The van der Waals surface area contributed by atoms with Crippen LogP contribution in [0.2, 0.25) is 0 Å². The minimum Gasteiger partial charge on any atom is -0.497 e. The molecule has 132 valence electrons. The maximum atomic E-state index is 12.3. The van der Waals surface area contributed by atoms with Crippen LogP contribution >= 0.6 is 0 Å². The molecule has 0 radical (unpaired) electrons. The molecule has 0 aromatic heterocycles. The van der Waals surface area contributed by atoms with E-state index in [1.165, 1.54) is 0 Å². The van der Waals surface area contributed by atoms with Gasteiger partial charge in [-0.1, -0.05) is 6.07 Å². The van der Waals surface area contributed by atoms with Crippen molar-refractivity contribution in [1.29, 1.82) is 0 Å². The van der Waals surface area contributed by atoms with Crippen molar-refractivity contribution in [2.75, 3.05) is 32.1 Å². The molecule has 2 heterocycles.